The van der Waals surface area contributed by atoms with Gasteiger partial charge in [0.05, 0.1) is 11.9 Å². The third-order valence-corrected chi connectivity index (χ3v) is 6.37. The summed E-state index contributed by atoms with van der Waals surface area (Å²) in [5.74, 6) is -0.467. The van der Waals surface area contributed by atoms with E-state index in [1.165, 1.54) is 10.6 Å². The summed E-state index contributed by atoms with van der Waals surface area (Å²) in [7, 11) is -3.43. The summed E-state index contributed by atoms with van der Waals surface area (Å²) in [6.45, 7) is 5.23. The number of hydrogen-bond acceptors (Lipinski definition) is 4. The molecule has 0 radical (unpaired) electrons. The van der Waals surface area contributed by atoms with E-state index in [2.05, 4.69) is 0 Å². The topological polar surface area (TPSA) is 101 Å². The first-order valence-electron chi connectivity index (χ1n) is 9.21. The standard InChI is InChI=1S/C19H29N3O4S/c1-14-6-7-17(13-15(14)2)22(27(3,25)26)10-4-5-18(23)21-11-8-16(9-12-21)19(20)24/h6-7,13,16H,4-5,8-12H2,1-3H3,(H2,20,24). The molecule has 1 aliphatic heterocycles. The lowest BCUT2D eigenvalue weighted by molar-refractivity contribution is -0.134. The van der Waals surface area contributed by atoms with Gasteiger partial charge in [0.2, 0.25) is 21.8 Å². The number of likely N-dealkylation sites (tertiary alicyclic amines) is 1. The fraction of sp³-hybridized carbons (Fsp3) is 0.579. The van der Waals surface area contributed by atoms with E-state index in [1.54, 1.807) is 11.0 Å². The molecule has 1 heterocycles. The maximum Gasteiger partial charge on any atom is 0.232 e. The molecule has 1 aromatic carbocycles. The Hall–Kier alpha value is -2.09. The smallest absolute Gasteiger partial charge is 0.232 e. The molecule has 1 aromatic rings. The fourth-order valence-corrected chi connectivity index (χ4v) is 4.27. The lowest BCUT2D eigenvalue weighted by Crippen LogP contribution is -2.42. The first-order chi connectivity index (χ1) is 12.6. The number of anilines is 1. The van der Waals surface area contributed by atoms with Crippen molar-refractivity contribution in [1.29, 1.82) is 0 Å². The fourth-order valence-electron chi connectivity index (χ4n) is 3.31. The number of nitrogens with zero attached hydrogens (tertiary/aromatic N) is 2. The third-order valence-electron chi connectivity index (χ3n) is 5.18. The third kappa shape index (κ3) is 5.69. The highest BCUT2D eigenvalue weighted by Crippen LogP contribution is 2.22. The van der Waals surface area contributed by atoms with Crippen molar-refractivity contribution in [2.45, 2.75) is 39.5 Å². The highest BCUT2D eigenvalue weighted by Gasteiger charge is 2.26. The van der Waals surface area contributed by atoms with Crippen molar-refractivity contribution >= 4 is 27.5 Å². The maximum absolute atomic E-state index is 12.4. The zero-order chi connectivity index (χ0) is 20.2. The normalized spacial score (nSPS) is 15.6. The van der Waals surface area contributed by atoms with Crippen molar-refractivity contribution in [1.82, 2.24) is 4.90 Å². The molecular formula is C19H29N3O4S. The molecule has 2 N–H and O–H groups in total. The van der Waals surface area contributed by atoms with Crippen LogP contribution in [0.15, 0.2) is 18.2 Å². The van der Waals surface area contributed by atoms with Crippen molar-refractivity contribution in [3.8, 4) is 0 Å². The van der Waals surface area contributed by atoms with Crippen LogP contribution < -0.4 is 10.0 Å². The van der Waals surface area contributed by atoms with Crippen LogP contribution in [0.3, 0.4) is 0 Å². The van der Waals surface area contributed by atoms with Gasteiger partial charge in [-0.1, -0.05) is 6.07 Å². The van der Waals surface area contributed by atoms with Crippen LogP contribution in [0, 0.1) is 19.8 Å². The zero-order valence-corrected chi connectivity index (χ0v) is 17.1. The van der Waals surface area contributed by atoms with Crippen LogP contribution in [0.2, 0.25) is 0 Å². The van der Waals surface area contributed by atoms with Crippen LogP contribution in [0.4, 0.5) is 5.69 Å². The van der Waals surface area contributed by atoms with E-state index >= 15 is 0 Å². The molecule has 1 saturated heterocycles. The molecule has 7 nitrogen and oxygen atoms in total. The highest BCUT2D eigenvalue weighted by molar-refractivity contribution is 7.92. The molecule has 2 amide bonds. The van der Waals surface area contributed by atoms with E-state index in [-0.39, 0.29) is 30.7 Å². The molecule has 0 saturated carbocycles. The first-order valence-corrected chi connectivity index (χ1v) is 11.1. The molecule has 0 atom stereocenters. The lowest BCUT2D eigenvalue weighted by atomic mass is 9.96. The first kappa shape index (κ1) is 21.2. The summed E-state index contributed by atoms with van der Waals surface area (Å²) in [5.41, 5.74) is 8.06. The minimum Gasteiger partial charge on any atom is -0.369 e. The monoisotopic (exact) mass is 395 g/mol. The van der Waals surface area contributed by atoms with Crippen molar-refractivity contribution in [3.63, 3.8) is 0 Å². The molecule has 0 spiro atoms. The summed E-state index contributed by atoms with van der Waals surface area (Å²) in [5, 5.41) is 0. The van der Waals surface area contributed by atoms with Gasteiger partial charge in [0.25, 0.3) is 0 Å². The molecule has 1 fully saturated rings. The molecule has 8 heteroatoms. The van der Waals surface area contributed by atoms with Crippen LogP contribution in [0.5, 0.6) is 0 Å². The van der Waals surface area contributed by atoms with Crippen LogP contribution in [0.25, 0.3) is 0 Å². The van der Waals surface area contributed by atoms with E-state index in [0.29, 0.717) is 38.0 Å². The van der Waals surface area contributed by atoms with Crippen LogP contribution in [-0.4, -0.2) is 51.0 Å². The lowest BCUT2D eigenvalue weighted by Gasteiger charge is -2.31. The number of rotatable bonds is 7. The summed E-state index contributed by atoms with van der Waals surface area (Å²) in [6, 6.07) is 5.55. The molecule has 0 unspecified atom stereocenters. The van der Waals surface area contributed by atoms with Gasteiger partial charge in [-0.05, 0) is 56.4 Å². The van der Waals surface area contributed by atoms with Gasteiger partial charge in [0.1, 0.15) is 0 Å². The van der Waals surface area contributed by atoms with Gasteiger partial charge in [0, 0.05) is 32.0 Å². The molecule has 0 aromatic heterocycles. The predicted molar refractivity (Wildman–Crippen MR) is 106 cm³/mol. The van der Waals surface area contributed by atoms with Gasteiger partial charge in [-0.3, -0.25) is 13.9 Å². The van der Waals surface area contributed by atoms with E-state index in [0.717, 1.165) is 11.1 Å². The van der Waals surface area contributed by atoms with E-state index in [4.69, 9.17) is 5.73 Å². The van der Waals surface area contributed by atoms with Gasteiger partial charge in [-0.25, -0.2) is 8.42 Å². The van der Waals surface area contributed by atoms with Crippen molar-refractivity contribution < 1.29 is 18.0 Å². The predicted octanol–water partition coefficient (Wildman–Crippen LogP) is 1.57. The number of carbonyl (C=O) groups excluding carboxylic acids is 2. The summed E-state index contributed by atoms with van der Waals surface area (Å²) >= 11 is 0. The molecule has 27 heavy (non-hydrogen) atoms. The molecule has 150 valence electrons. The number of hydrogen-bond donors (Lipinski definition) is 1. The number of piperidine rings is 1. The Morgan fingerprint density at radius 2 is 1.81 bits per heavy atom. The second-order valence-corrected chi connectivity index (χ2v) is 9.17. The Kier molecular flexibility index (Phi) is 6.86. The molecular weight excluding hydrogens is 366 g/mol. The minimum absolute atomic E-state index is 0.00791. The van der Waals surface area contributed by atoms with Gasteiger partial charge >= 0.3 is 0 Å². The molecule has 0 bridgehead atoms. The Morgan fingerprint density at radius 1 is 1.19 bits per heavy atom. The number of carbonyl (C=O) groups is 2. The Balaban J connectivity index is 1.93. The zero-order valence-electron chi connectivity index (χ0n) is 16.3. The number of aryl methyl sites for hydroxylation is 2. The summed E-state index contributed by atoms with van der Waals surface area (Å²) in [4.78, 5) is 25.3. The average molecular weight is 396 g/mol. The van der Waals surface area contributed by atoms with E-state index in [1.807, 2.05) is 26.0 Å². The maximum atomic E-state index is 12.4. The van der Waals surface area contributed by atoms with Crippen LogP contribution >= 0.6 is 0 Å². The Morgan fingerprint density at radius 3 is 2.33 bits per heavy atom. The van der Waals surface area contributed by atoms with Crippen LogP contribution in [-0.2, 0) is 19.6 Å². The number of sulfonamides is 1. The van der Waals surface area contributed by atoms with Crippen LogP contribution in [0.1, 0.15) is 36.8 Å². The molecule has 0 aliphatic carbocycles. The molecule has 1 aliphatic rings. The summed E-state index contributed by atoms with van der Waals surface area (Å²) in [6.07, 6.45) is 3.09. The Bertz CT molecular complexity index is 799. The quantitative estimate of drug-likeness (QED) is 0.757. The highest BCUT2D eigenvalue weighted by atomic mass is 32.2. The van der Waals surface area contributed by atoms with Gasteiger partial charge in [-0.2, -0.15) is 0 Å². The van der Waals surface area contributed by atoms with Crippen molar-refractivity contribution in [2.24, 2.45) is 11.7 Å². The number of nitrogens with two attached hydrogens (primary N) is 1. The van der Waals surface area contributed by atoms with Gasteiger partial charge in [-0.15, -0.1) is 0 Å². The van der Waals surface area contributed by atoms with Crippen molar-refractivity contribution in [3.05, 3.63) is 29.3 Å². The van der Waals surface area contributed by atoms with Gasteiger partial charge < -0.3 is 10.6 Å². The largest absolute Gasteiger partial charge is 0.369 e. The minimum atomic E-state index is -3.43. The number of benzene rings is 1. The average Bonchev–Trinajstić information content (AvgIpc) is 2.60. The van der Waals surface area contributed by atoms with Crippen molar-refractivity contribution in [2.75, 3.05) is 30.2 Å². The number of primary amides is 1. The van der Waals surface area contributed by atoms with Gasteiger partial charge in [0.15, 0.2) is 0 Å². The van der Waals surface area contributed by atoms with E-state index in [9.17, 15) is 18.0 Å². The number of amides is 2. The Labute approximate surface area is 161 Å². The summed E-state index contributed by atoms with van der Waals surface area (Å²) < 4.78 is 25.7. The second-order valence-electron chi connectivity index (χ2n) is 7.26. The molecule has 2 rings (SSSR count). The second kappa shape index (κ2) is 8.73. The SMILES string of the molecule is Cc1ccc(N(CCCC(=O)N2CCC(C(N)=O)CC2)S(C)(=O)=O)cc1C. The van der Waals surface area contributed by atoms with E-state index < -0.39 is 10.0 Å².